The smallest absolute Gasteiger partial charge is 0.207 e. The molecule has 0 spiro atoms. The molecule has 0 bridgehead atoms. The van der Waals surface area contributed by atoms with Crippen LogP contribution in [-0.4, -0.2) is 35.1 Å². The Morgan fingerprint density at radius 1 is 1.10 bits per heavy atom. The summed E-state index contributed by atoms with van der Waals surface area (Å²) >= 11 is 5.69. The van der Waals surface area contributed by atoms with E-state index in [0.29, 0.717) is 18.0 Å². The highest BCUT2D eigenvalue weighted by Crippen LogP contribution is 2.27. The summed E-state index contributed by atoms with van der Waals surface area (Å²) in [6.07, 6.45) is 1.80. The van der Waals surface area contributed by atoms with Gasteiger partial charge in [-0.05, 0) is 68.4 Å². The molecular weight excluding hydrogens is 384 g/mol. The van der Waals surface area contributed by atoms with Crippen LogP contribution in [0.5, 0.6) is 11.5 Å². The number of ether oxygens (including phenoxy) is 2. The summed E-state index contributed by atoms with van der Waals surface area (Å²) in [4.78, 5) is 1.26. The van der Waals surface area contributed by atoms with Crippen molar-refractivity contribution < 1.29 is 14.4 Å². The molecular formula is C22H29N4O2S+. The average molecular weight is 414 g/mol. The number of hydrogen-bond donors (Lipinski definition) is 1. The zero-order chi connectivity index (χ0) is 21.0. The number of rotatable bonds is 8. The molecule has 1 heterocycles. The van der Waals surface area contributed by atoms with Gasteiger partial charge in [-0.25, -0.2) is 0 Å². The van der Waals surface area contributed by atoms with Crippen molar-refractivity contribution in [2.45, 2.75) is 34.0 Å². The lowest BCUT2D eigenvalue weighted by atomic mass is 10.1. The van der Waals surface area contributed by atoms with Crippen LogP contribution in [0.15, 0.2) is 42.7 Å². The predicted octanol–water partition coefficient (Wildman–Crippen LogP) is 3.10. The Bertz CT molecular complexity index is 1040. The molecule has 0 aliphatic rings. The van der Waals surface area contributed by atoms with Crippen LogP contribution in [0.2, 0.25) is 0 Å². The fourth-order valence-corrected chi connectivity index (χ4v) is 3.60. The highest BCUT2D eigenvalue weighted by Gasteiger charge is 2.12. The van der Waals surface area contributed by atoms with E-state index in [1.807, 2.05) is 28.3 Å². The Kier molecular flexibility index (Phi) is 6.71. The first-order valence-corrected chi connectivity index (χ1v) is 10.2. The first-order valence-electron chi connectivity index (χ1n) is 9.76. The summed E-state index contributed by atoms with van der Waals surface area (Å²) in [5.74, 6) is 1.53. The third kappa shape index (κ3) is 4.86. The Hall–Kier alpha value is -2.64. The molecule has 0 aliphatic carbocycles. The second kappa shape index (κ2) is 9.24. The normalized spacial score (nSPS) is 12.0. The number of hydrogen-bond acceptors (Lipinski definition) is 4. The van der Waals surface area contributed by atoms with Crippen LogP contribution in [0.1, 0.15) is 23.6 Å². The van der Waals surface area contributed by atoms with E-state index in [0.717, 1.165) is 23.7 Å². The van der Waals surface area contributed by atoms with Gasteiger partial charge in [0, 0.05) is 5.56 Å². The summed E-state index contributed by atoms with van der Waals surface area (Å²) in [6, 6.07) is 12.4. The van der Waals surface area contributed by atoms with Gasteiger partial charge < -0.3 is 14.4 Å². The lowest BCUT2D eigenvalue weighted by Crippen LogP contribution is -3.07. The van der Waals surface area contributed by atoms with E-state index in [-0.39, 0.29) is 0 Å². The van der Waals surface area contributed by atoms with E-state index in [1.165, 1.54) is 21.6 Å². The molecule has 0 saturated carbocycles. The third-order valence-corrected chi connectivity index (χ3v) is 5.22. The second-order valence-corrected chi connectivity index (χ2v) is 7.65. The molecule has 0 saturated heterocycles. The number of methoxy groups -OCH3 is 1. The first-order chi connectivity index (χ1) is 13.9. The molecule has 29 heavy (non-hydrogen) atoms. The topological polar surface area (TPSA) is 45.7 Å². The average Bonchev–Trinajstić information content (AvgIpc) is 3.05. The van der Waals surface area contributed by atoms with Crippen molar-refractivity contribution in [2.24, 2.45) is 0 Å². The van der Waals surface area contributed by atoms with Gasteiger partial charge in [0.15, 0.2) is 18.2 Å². The van der Waals surface area contributed by atoms with Gasteiger partial charge in [-0.1, -0.05) is 12.1 Å². The molecule has 1 aromatic heterocycles. The molecule has 7 heteroatoms. The van der Waals surface area contributed by atoms with Crippen LogP contribution in [0.25, 0.3) is 5.69 Å². The Morgan fingerprint density at radius 2 is 1.90 bits per heavy atom. The van der Waals surface area contributed by atoms with E-state index in [4.69, 9.17) is 21.7 Å². The fraction of sp³-hybridized carbons (Fsp3) is 0.364. The molecule has 1 unspecified atom stereocenters. The van der Waals surface area contributed by atoms with Gasteiger partial charge in [-0.3, -0.25) is 4.57 Å². The van der Waals surface area contributed by atoms with Gasteiger partial charge >= 0.3 is 0 Å². The Morgan fingerprint density at radius 3 is 2.62 bits per heavy atom. The fourth-order valence-electron chi connectivity index (χ4n) is 3.35. The molecule has 1 N–H and O–H groups in total. The summed E-state index contributed by atoms with van der Waals surface area (Å²) in [5.41, 5.74) is 4.62. The minimum absolute atomic E-state index is 0.613. The van der Waals surface area contributed by atoms with E-state index in [2.05, 4.69) is 50.3 Å². The minimum Gasteiger partial charge on any atom is -0.493 e. The lowest BCUT2D eigenvalue weighted by Gasteiger charge is -2.16. The summed E-state index contributed by atoms with van der Waals surface area (Å²) in [7, 11) is 3.79. The number of nitrogens with zero attached hydrogens (tertiary/aromatic N) is 3. The molecule has 0 fully saturated rings. The van der Waals surface area contributed by atoms with Crippen molar-refractivity contribution in [1.82, 2.24) is 14.3 Å². The van der Waals surface area contributed by atoms with Gasteiger partial charge in [-0.2, -0.15) is 9.78 Å². The quantitative estimate of drug-likeness (QED) is 0.577. The zero-order valence-electron chi connectivity index (χ0n) is 17.7. The van der Waals surface area contributed by atoms with Gasteiger partial charge in [0.25, 0.3) is 0 Å². The van der Waals surface area contributed by atoms with Crippen LogP contribution < -0.4 is 14.4 Å². The van der Waals surface area contributed by atoms with Gasteiger partial charge in [0.2, 0.25) is 4.77 Å². The van der Waals surface area contributed by atoms with Crippen LogP contribution in [0.3, 0.4) is 0 Å². The second-order valence-electron chi connectivity index (χ2n) is 7.28. The SMILES string of the molecule is CCOc1ccc(C[NH+](C)Cn2ncn(-c3cc(C)ccc3C)c2=S)cc1OC. The third-order valence-electron chi connectivity index (χ3n) is 4.81. The van der Waals surface area contributed by atoms with Crippen molar-refractivity contribution in [1.29, 1.82) is 0 Å². The highest BCUT2D eigenvalue weighted by atomic mass is 32.1. The zero-order valence-corrected chi connectivity index (χ0v) is 18.5. The van der Waals surface area contributed by atoms with E-state index in [1.54, 1.807) is 13.4 Å². The van der Waals surface area contributed by atoms with Gasteiger partial charge in [0.1, 0.15) is 12.9 Å². The minimum atomic E-state index is 0.613. The Labute approximate surface area is 177 Å². The van der Waals surface area contributed by atoms with E-state index in [9.17, 15) is 0 Å². The Balaban J connectivity index is 1.75. The number of nitrogens with one attached hydrogen (secondary N) is 1. The maximum Gasteiger partial charge on any atom is 0.207 e. The van der Waals surface area contributed by atoms with Gasteiger partial charge in [0.05, 0.1) is 26.5 Å². The van der Waals surface area contributed by atoms with Crippen LogP contribution in [0, 0.1) is 18.6 Å². The van der Waals surface area contributed by atoms with Crippen molar-refractivity contribution in [2.75, 3.05) is 20.8 Å². The van der Waals surface area contributed by atoms with E-state index >= 15 is 0 Å². The molecule has 2 aromatic carbocycles. The molecule has 6 nitrogen and oxygen atoms in total. The molecule has 3 aromatic rings. The lowest BCUT2D eigenvalue weighted by molar-refractivity contribution is -0.917. The molecule has 0 radical (unpaired) electrons. The maximum atomic E-state index is 5.69. The number of aryl methyl sites for hydroxylation is 2. The van der Waals surface area contributed by atoms with Gasteiger partial charge in [-0.15, -0.1) is 0 Å². The molecule has 0 aliphatic heterocycles. The maximum absolute atomic E-state index is 5.69. The number of aromatic nitrogens is 3. The summed E-state index contributed by atoms with van der Waals surface area (Å²) < 4.78 is 15.6. The molecule has 0 amide bonds. The standard InChI is InChI=1S/C22H28N4O2S/c1-6-28-20-10-9-18(12-21(20)27-5)13-24(4)15-26-22(29)25(14-23-26)19-11-16(2)7-8-17(19)3/h7-12,14H,6,13,15H2,1-5H3/p+1. The predicted molar refractivity (Wildman–Crippen MR) is 117 cm³/mol. The van der Waals surface area contributed by atoms with Crippen molar-refractivity contribution in [3.63, 3.8) is 0 Å². The monoisotopic (exact) mass is 413 g/mol. The van der Waals surface area contributed by atoms with Crippen molar-refractivity contribution >= 4 is 12.2 Å². The first kappa shape index (κ1) is 21.1. The molecule has 154 valence electrons. The highest BCUT2D eigenvalue weighted by molar-refractivity contribution is 7.71. The molecule has 1 atom stereocenters. The number of quaternary nitrogens is 1. The van der Waals surface area contributed by atoms with Crippen molar-refractivity contribution in [3.05, 3.63) is 64.2 Å². The van der Waals surface area contributed by atoms with Crippen molar-refractivity contribution in [3.8, 4) is 17.2 Å². The number of benzene rings is 2. The van der Waals surface area contributed by atoms with E-state index < -0.39 is 0 Å². The largest absolute Gasteiger partial charge is 0.493 e. The van der Waals surface area contributed by atoms with Crippen LogP contribution >= 0.6 is 12.2 Å². The summed E-state index contributed by atoms with van der Waals surface area (Å²) in [6.45, 7) is 8.24. The molecule has 3 rings (SSSR count). The van der Waals surface area contributed by atoms with Crippen LogP contribution in [0.4, 0.5) is 0 Å². The summed E-state index contributed by atoms with van der Waals surface area (Å²) in [5, 5.41) is 4.53. The van der Waals surface area contributed by atoms with Crippen LogP contribution in [-0.2, 0) is 13.2 Å².